The highest BCUT2D eigenvalue weighted by molar-refractivity contribution is 6.38. The lowest BCUT2D eigenvalue weighted by Crippen LogP contribution is -2.11. The van der Waals surface area contributed by atoms with Crippen molar-refractivity contribution in [3.63, 3.8) is 0 Å². The minimum Gasteiger partial charge on any atom is -0.496 e. The molecule has 0 aliphatic heterocycles. The van der Waals surface area contributed by atoms with Crippen molar-refractivity contribution in [1.82, 2.24) is 25.0 Å². The van der Waals surface area contributed by atoms with Crippen molar-refractivity contribution in [3.8, 4) is 17.1 Å². The van der Waals surface area contributed by atoms with Crippen LogP contribution in [0.1, 0.15) is 23.2 Å². The quantitative estimate of drug-likeness (QED) is 0.350. The number of aromatic amines is 1. The SMILES string of the molecule is COc1cc(-c2nc(Nc3ccc4[nH]ncc4c3Cl)n(C)n2)ccc1C(=O)CCC(F)(F)F. The van der Waals surface area contributed by atoms with E-state index in [1.807, 2.05) is 6.07 Å². The first-order valence-electron chi connectivity index (χ1n) is 9.74. The molecule has 0 radical (unpaired) electrons. The molecule has 0 atom stereocenters. The molecule has 0 amide bonds. The standard InChI is InChI=1S/C21H18ClF3N6O2/c1-31-20(27-15-6-5-14-13(18(15)22)10-26-29-14)28-19(30-31)11-3-4-12(17(9-11)33-2)16(32)7-8-21(23,24)25/h3-6,9-10H,7-8H2,1-2H3,(H,26,29)(H,27,28,30). The molecule has 172 valence electrons. The number of anilines is 2. The van der Waals surface area contributed by atoms with Crippen molar-refractivity contribution in [2.75, 3.05) is 12.4 Å². The number of alkyl halides is 3. The molecule has 0 unspecified atom stereocenters. The van der Waals surface area contributed by atoms with Gasteiger partial charge in [0.1, 0.15) is 5.75 Å². The Balaban J connectivity index is 1.59. The molecular formula is C21H18ClF3N6O2. The molecule has 4 rings (SSSR count). The van der Waals surface area contributed by atoms with Crippen LogP contribution in [0.3, 0.4) is 0 Å². The van der Waals surface area contributed by atoms with Gasteiger partial charge in [0.15, 0.2) is 11.6 Å². The number of hydrogen-bond acceptors (Lipinski definition) is 6. The van der Waals surface area contributed by atoms with Crippen molar-refractivity contribution in [3.05, 3.63) is 47.1 Å². The summed E-state index contributed by atoms with van der Waals surface area (Å²) in [5.41, 5.74) is 2.00. The first kappa shape index (κ1) is 22.6. The van der Waals surface area contributed by atoms with E-state index >= 15 is 0 Å². The van der Waals surface area contributed by atoms with E-state index in [1.165, 1.54) is 23.9 Å². The number of ether oxygens (including phenoxy) is 1. The highest BCUT2D eigenvalue weighted by atomic mass is 35.5. The number of nitrogens with zero attached hydrogens (tertiary/aromatic N) is 4. The van der Waals surface area contributed by atoms with Gasteiger partial charge in [-0.1, -0.05) is 17.7 Å². The molecule has 2 aromatic carbocycles. The Morgan fingerprint density at radius 1 is 1.27 bits per heavy atom. The lowest BCUT2D eigenvalue weighted by molar-refractivity contribution is -0.133. The lowest BCUT2D eigenvalue weighted by atomic mass is 10.0. The summed E-state index contributed by atoms with van der Waals surface area (Å²) in [7, 11) is 3.03. The first-order valence-corrected chi connectivity index (χ1v) is 10.1. The molecule has 0 fully saturated rings. The maximum absolute atomic E-state index is 12.5. The fraction of sp³-hybridized carbons (Fsp3) is 0.238. The molecule has 33 heavy (non-hydrogen) atoms. The Labute approximate surface area is 190 Å². The summed E-state index contributed by atoms with van der Waals surface area (Å²) in [5, 5.41) is 15.5. The summed E-state index contributed by atoms with van der Waals surface area (Å²) >= 11 is 6.45. The van der Waals surface area contributed by atoms with Crippen LogP contribution in [0.15, 0.2) is 36.5 Å². The van der Waals surface area contributed by atoms with Crippen LogP contribution < -0.4 is 10.1 Å². The van der Waals surface area contributed by atoms with Crippen molar-refractivity contribution in [2.24, 2.45) is 7.05 Å². The highest BCUT2D eigenvalue weighted by Crippen LogP contribution is 2.33. The first-order chi connectivity index (χ1) is 15.7. The van der Waals surface area contributed by atoms with Gasteiger partial charge in [-0.3, -0.25) is 9.89 Å². The van der Waals surface area contributed by atoms with Gasteiger partial charge in [-0.25, -0.2) is 4.68 Å². The molecule has 0 saturated heterocycles. The number of halogens is 4. The number of ketones is 1. The fourth-order valence-electron chi connectivity index (χ4n) is 3.27. The smallest absolute Gasteiger partial charge is 0.389 e. The number of rotatable bonds is 7. The van der Waals surface area contributed by atoms with Gasteiger partial charge < -0.3 is 10.1 Å². The summed E-state index contributed by atoms with van der Waals surface area (Å²) in [6.45, 7) is 0. The maximum Gasteiger partial charge on any atom is 0.389 e. The number of Topliss-reactive ketones (excluding diaryl/α,β-unsaturated/α-hetero) is 1. The van der Waals surface area contributed by atoms with Gasteiger partial charge in [-0.05, 0) is 24.3 Å². The minimum absolute atomic E-state index is 0.0694. The number of aryl methyl sites for hydroxylation is 1. The summed E-state index contributed by atoms with van der Waals surface area (Å²) in [6.07, 6.45) is -4.64. The van der Waals surface area contributed by atoms with E-state index in [4.69, 9.17) is 16.3 Å². The number of aromatic nitrogens is 5. The molecule has 0 bridgehead atoms. The van der Waals surface area contributed by atoms with E-state index in [2.05, 4.69) is 25.6 Å². The van der Waals surface area contributed by atoms with Crippen molar-refractivity contribution in [1.29, 1.82) is 0 Å². The number of H-pyrrole nitrogens is 1. The lowest BCUT2D eigenvalue weighted by Gasteiger charge is -2.10. The molecule has 0 aliphatic rings. The van der Waals surface area contributed by atoms with Gasteiger partial charge in [0.2, 0.25) is 5.95 Å². The van der Waals surface area contributed by atoms with E-state index < -0.39 is 24.8 Å². The predicted octanol–water partition coefficient (Wildman–Crippen LogP) is 5.29. The second kappa shape index (κ2) is 8.74. The van der Waals surface area contributed by atoms with Crippen LogP contribution in [0, 0.1) is 0 Å². The number of carbonyl (C=O) groups excluding carboxylic acids is 1. The molecule has 2 N–H and O–H groups in total. The number of methoxy groups -OCH3 is 1. The van der Waals surface area contributed by atoms with Crippen LogP contribution in [0.5, 0.6) is 5.75 Å². The average molecular weight is 479 g/mol. The van der Waals surface area contributed by atoms with Crippen LogP contribution in [0.25, 0.3) is 22.3 Å². The van der Waals surface area contributed by atoms with Crippen LogP contribution in [0.2, 0.25) is 5.02 Å². The Morgan fingerprint density at radius 2 is 2.06 bits per heavy atom. The zero-order chi connectivity index (χ0) is 23.8. The average Bonchev–Trinajstić information content (AvgIpc) is 3.40. The van der Waals surface area contributed by atoms with Gasteiger partial charge in [0, 0.05) is 24.4 Å². The zero-order valence-electron chi connectivity index (χ0n) is 17.5. The number of hydrogen-bond donors (Lipinski definition) is 2. The van der Waals surface area contributed by atoms with Gasteiger partial charge in [0.25, 0.3) is 0 Å². The molecule has 12 heteroatoms. The van der Waals surface area contributed by atoms with E-state index in [9.17, 15) is 18.0 Å². The molecule has 0 spiro atoms. The van der Waals surface area contributed by atoms with Crippen molar-refractivity contribution >= 4 is 39.9 Å². The predicted molar refractivity (Wildman–Crippen MR) is 117 cm³/mol. The van der Waals surface area contributed by atoms with Crippen LogP contribution in [-0.2, 0) is 7.05 Å². The van der Waals surface area contributed by atoms with Crippen molar-refractivity contribution < 1.29 is 22.7 Å². The molecule has 0 aliphatic carbocycles. The molecule has 2 aromatic heterocycles. The van der Waals surface area contributed by atoms with Gasteiger partial charge in [0.05, 0.1) is 41.5 Å². The van der Waals surface area contributed by atoms with Gasteiger partial charge in [-0.2, -0.15) is 23.3 Å². The summed E-state index contributed by atoms with van der Waals surface area (Å²) in [4.78, 5) is 16.7. The molecule has 4 aromatic rings. The van der Waals surface area contributed by atoms with Gasteiger partial charge >= 0.3 is 6.18 Å². The van der Waals surface area contributed by atoms with Crippen LogP contribution in [0.4, 0.5) is 24.8 Å². The Morgan fingerprint density at radius 3 is 2.79 bits per heavy atom. The molecular weight excluding hydrogens is 461 g/mol. The second-order valence-corrected chi connectivity index (χ2v) is 7.60. The van der Waals surface area contributed by atoms with E-state index in [1.54, 1.807) is 25.4 Å². The molecule has 8 nitrogen and oxygen atoms in total. The number of fused-ring (bicyclic) bond motifs is 1. The van der Waals surface area contributed by atoms with E-state index in [0.29, 0.717) is 28.0 Å². The largest absolute Gasteiger partial charge is 0.496 e. The summed E-state index contributed by atoms with van der Waals surface area (Å²) in [5.74, 6) is 0.221. The Kier molecular flexibility index (Phi) is 5.98. The topological polar surface area (TPSA) is 97.7 Å². The summed E-state index contributed by atoms with van der Waals surface area (Å²) in [6, 6.07) is 8.10. The molecule has 0 saturated carbocycles. The third-order valence-electron chi connectivity index (χ3n) is 4.96. The number of nitrogens with one attached hydrogen (secondary N) is 2. The van der Waals surface area contributed by atoms with E-state index in [-0.39, 0.29) is 11.3 Å². The van der Waals surface area contributed by atoms with Crippen LogP contribution >= 0.6 is 11.6 Å². The van der Waals surface area contributed by atoms with E-state index in [0.717, 1.165) is 10.9 Å². The maximum atomic E-state index is 12.5. The molecule has 2 heterocycles. The van der Waals surface area contributed by atoms with Gasteiger partial charge in [-0.15, -0.1) is 5.10 Å². The summed E-state index contributed by atoms with van der Waals surface area (Å²) < 4.78 is 44.1. The fourth-order valence-corrected chi connectivity index (χ4v) is 3.53. The number of carbonyl (C=O) groups is 1. The second-order valence-electron chi connectivity index (χ2n) is 7.22. The Hall–Kier alpha value is -3.60. The Bertz CT molecular complexity index is 1330. The van der Waals surface area contributed by atoms with Crippen molar-refractivity contribution in [2.45, 2.75) is 19.0 Å². The zero-order valence-corrected chi connectivity index (χ0v) is 18.3. The third kappa shape index (κ3) is 4.77. The minimum atomic E-state index is -4.41. The third-order valence-corrected chi connectivity index (χ3v) is 5.37. The van der Waals surface area contributed by atoms with Crippen LogP contribution in [-0.4, -0.2) is 44.0 Å². The normalized spacial score (nSPS) is 11.7. The monoisotopic (exact) mass is 478 g/mol. The number of benzene rings is 2. The highest BCUT2D eigenvalue weighted by Gasteiger charge is 2.29.